The molecule has 0 spiro atoms. The Labute approximate surface area is 96.8 Å². The third kappa shape index (κ3) is 13.6. The summed E-state index contributed by atoms with van der Waals surface area (Å²) in [7, 11) is 0. The molecular weight excluding hydrogens is 180 g/mol. The molecule has 0 N–H and O–H groups in total. The smallest absolute Gasteiger partial charge is 0.00886 e. The predicted octanol–water partition coefficient (Wildman–Crippen LogP) is 5.13. The molecule has 0 fully saturated rings. The van der Waals surface area contributed by atoms with Crippen LogP contribution in [-0.2, 0) is 0 Å². The minimum Gasteiger partial charge on any atom is -0.103 e. The maximum atomic E-state index is 3.28. The molecule has 87 valence electrons. The first-order chi connectivity index (χ1) is 7.27. The molecule has 0 aromatic rings. The van der Waals surface area contributed by atoms with Gasteiger partial charge >= 0.3 is 0 Å². The van der Waals surface area contributed by atoms with Crippen LogP contribution < -0.4 is 0 Å². The molecule has 0 unspecified atom stereocenters. The monoisotopic (exact) mass is 207 g/mol. The summed E-state index contributed by atoms with van der Waals surface area (Å²) in [5.41, 5.74) is 0. The van der Waals surface area contributed by atoms with E-state index in [9.17, 15) is 0 Å². The summed E-state index contributed by atoms with van der Waals surface area (Å²) < 4.78 is 0. The van der Waals surface area contributed by atoms with E-state index in [1.54, 1.807) is 5.92 Å². The second-order valence-electron chi connectivity index (χ2n) is 4.58. The minimum atomic E-state index is 1.10. The van der Waals surface area contributed by atoms with Gasteiger partial charge in [-0.15, -0.1) is 11.8 Å². The molecule has 0 heterocycles. The minimum absolute atomic E-state index is 1.10. The summed E-state index contributed by atoms with van der Waals surface area (Å²) >= 11 is 0. The summed E-state index contributed by atoms with van der Waals surface area (Å²) in [6.07, 6.45) is 11.4. The van der Waals surface area contributed by atoms with Crippen molar-refractivity contribution in [1.82, 2.24) is 0 Å². The molecule has 0 atom stereocenters. The van der Waals surface area contributed by atoms with Crippen LogP contribution in [0.2, 0.25) is 0 Å². The summed E-state index contributed by atoms with van der Waals surface area (Å²) in [6.45, 7) is 6.66. The van der Waals surface area contributed by atoms with Gasteiger partial charge in [-0.05, 0) is 25.2 Å². The Balaban J connectivity index is 3.10. The van der Waals surface area contributed by atoms with Crippen LogP contribution in [0.15, 0.2) is 0 Å². The molecule has 15 heavy (non-hydrogen) atoms. The zero-order chi connectivity index (χ0) is 11.4. The Morgan fingerprint density at radius 1 is 0.800 bits per heavy atom. The molecule has 0 aromatic carbocycles. The van der Waals surface area contributed by atoms with E-state index in [-0.39, 0.29) is 0 Å². The molecule has 0 saturated carbocycles. The molecule has 0 aromatic heterocycles. The molecule has 0 nitrogen and oxygen atoms in total. The van der Waals surface area contributed by atoms with Gasteiger partial charge in [-0.1, -0.05) is 46.5 Å². The van der Waals surface area contributed by atoms with Gasteiger partial charge in [0.15, 0.2) is 0 Å². The molecule has 0 amide bonds. The van der Waals surface area contributed by atoms with E-state index >= 15 is 0 Å². The first kappa shape index (κ1) is 14.6. The van der Waals surface area contributed by atoms with E-state index in [1.807, 2.05) is 0 Å². The van der Waals surface area contributed by atoms with Crippen LogP contribution in [0.4, 0.5) is 0 Å². The van der Waals surface area contributed by atoms with Gasteiger partial charge in [0, 0.05) is 12.8 Å². The lowest BCUT2D eigenvalue weighted by atomic mass is 10.1. The van der Waals surface area contributed by atoms with Crippen molar-refractivity contribution in [1.29, 1.82) is 0 Å². The van der Waals surface area contributed by atoms with Crippen molar-refractivity contribution in [3.05, 3.63) is 5.92 Å². The number of rotatable bonds is 8. The van der Waals surface area contributed by atoms with E-state index in [1.165, 1.54) is 44.9 Å². The van der Waals surface area contributed by atoms with Crippen molar-refractivity contribution < 1.29 is 0 Å². The fourth-order valence-electron chi connectivity index (χ4n) is 1.51. The highest BCUT2D eigenvalue weighted by molar-refractivity contribution is 4.98. The maximum Gasteiger partial charge on any atom is 0.00886 e. The largest absolute Gasteiger partial charge is 0.103 e. The lowest BCUT2D eigenvalue weighted by molar-refractivity contribution is 0.678. The van der Waals surface area contributed by atoms with E-state index in [4.69, 9.17) is 0 Å². The van der Waals surface area contributed by atoms with Crippen LogP contribution in [0.25, 0.3) is 0 Å². The van der Waals surface area contributed by atoms with Gasteiger partial charge in [-0.3, -0.25) is 0 Å². The third-order valence-electron chi connectivity index (χ3n) is 2.51. The maximum absolute atomic E-state index is 3.28. The highest BCUT2D eigenvalue weighted by Crippen LogP contribution is 2.09. The highest BCUT2D eigenvalue weighted by Gasteiger charge is 1.92. The van der Waals surface area contributed by atoms with Gasteiger partial charge in [0.05, 0.1) is 0 Å². The second-order valence-corrected chi connectivity index (χ2v) is 4.58. The Hall–Kier alpha value is -0.440. The summed E-state index contributed by atoms with van der Waals surface area (Å²) in [5.74, 6) is 8.10. The molecule has 0 aliphatic rings. The van der Waals surface area contributed by atoms with Gasteiger partial charge in [-0.2, -0.15) is 0 Å². The van der Waals surface area contributed by atoms with Crippen LogP contribution in [0, 0.1) is 17.8 Å². The Kier molecular flexibility index (Phi) is 11.3. The van der Waals surface area contributed by atoms with Crippen molar-refractivity contribution in [2.24, 2.45) is 0 Å². The first-order valence-electron chi connectivity index (χ1n) is 6.52. The Morgan fingerprint density at radius 2 is 1.40 bits per heavy atom. The third-order valence-corrected chi connectivity index (χ3v) is 2.51. The van der Waals surface area contributed by atoms with Crippen molar-refractivity contribution >= 4 is 0 Å². The average Bonchev–Trinajstić information content (AvgIpc) is 2.20. The highest BCUT2D eigenvalue weighted by atomic mass is 14.0. The first-order valence-corrected chi connectivity index (χ1v) is 6.52. The average molecular weight is 207 g/mol. The zero-order valence-electron chi connectivity index (χ0n) is 10.9. The summed E-state index contributed by atoms with van der Waals surface area (Å²) in [6, 6.07) is 0. The molecule has 0 aliphatic heterocycles. The van der Waals surface area contributed by atoms with E-state index in [0.29, 0.717) is 0 Å². The van der Waals surface area contributed by atoms with Gasteiger partial charge in [0.2, 0.25) is 0 Å². The lowest BCUT2D eigenvalue weighted by Crippen LogP contribution is -1.83. The topological polar surface area (TPSA) is 0 Å². The quantitative estimate of drug-likeness (QED) is 0.382. The number of hydrogen-bond acceptors (Lipinski definition) is 0. The number of unbranched alkanes of at least 4 members (excludes halogenated alkanes) is 6. The van der Waals surface area contributed by atoms with Crippen LogP contribution in [0.3, 0.4) is 0 Å². The Morgan fingerprint density at radius 3 is 1.93 bits per heavy atom. The summed E-state index contributed by atoms with van der Waals surface area (Å²) in [5, 5.41) is 0. The number of hydrogen-bond donors (Lipinski definition) is 0. The van der Waals surface area contributed by atoms with Gasteiger partial charge < -0.3 is 0 Å². The van der Waals surface area contributed by atoms with Gasteiger partial charge in [0.25, 0.3) is 0 Å². The van der Waals surface area contributed by atoms with Gasteiger partial charge in [0.1, 0.15) is 0 Å². The Bertz CT molecular complexity index is 168. The van der Waals surface area contributed by atoms with E-state index < -0.39 is 0 Å². The second kappa shape index (κ2) is 11.6. The van der Waals surface area contributed by atoms with Crippen LogP contribution in [-0.4, -0.2) is 0 Å². The van der Waals surface area contributed by atoms with Crippen molar-refractivity contribution in [3.63, 3.8) is 0 Å². The molecule has 1 radical (unpaired) electrons. The van der Waals surface area contributed by atoms with Crippen molar-refractivity contribution in [3.8, 4) is 11.8 Å². The molecule has 0 aliphatic carbocycles. The molecule has 0 heteroatoms. The fourth-order valence-corrected chi connectivity index (χ4v) is 1.51. The normalized spacial score (nSPS) is 10.1. The molecular formula is C15H27. The van der Waals surface area contributed by atoms with Crippen molar-refractivity contribution in [2.75, 3.05) is 0 Å². The zero-order valence-corrected chi connectivity index (χ0v) is 10.9. The predicted molar refractivity (Wildman–Crippen MR) is 69.6 cm³/mol. The summed E-state index contributed by atoms with van der Waals surface area (Å²) in [4.78, 5) is 0. The standard InChI is InChI=1S/C15H27/c1-4-5-6-7-8-9-10-11-12-13-14-15(2)3/h4-8,11-14H2,1-3H3. The van der Waals surface area contributed by atoms with E-state index in [2.05, 4.69) is 32.6 Å². The van der Waals surface area contributed by atoms with Gasteiger partial charge in [-0.25, -0.2) is 0 Å². The molecule has 0 saturated heterocycles. The lowest BCUT2D eigenvalue weighted by Gasteiger charge is -2.00. The molecule has 0 rings (SSSR count). The van der Waals surface area contributed by atoms with Crippen molar-refractivity contribution in [2.45, 2.75) is 78.6 Å². The van der Waals surface area contributed by atoms with E-state index in [0.717, 1.165) is 12.8 Å². The van der Waals surface area contributed by atoms with Crippen LogP contribution in [0.1, 0.15) is 78.6 Å². The SMILES string of the molecule is CCCCCCC#CCCCC[C](C)C. The molecule has 0 bridgehead atoms. The van der Waals surface area contributed by atoms with Crippen LogP contribution in [0.5, 0.6) is 0 Å². The van der Waals surface area contributed by atoms with Crippen LogP contribution >= 0.6 is 0 Å². The fraction of sp³-hybridized carbons (Fsp3) is 0.800.